The highest BCUT2D eigenvalue weighted by Crippen LogP contribution is 2.34. The molecule has 3 rings (SSSR count). The van der Waals surface area contributed by atoms with Gasteiger partial charge in [-0.1, -0.05) is 24.3 Å². The number of nitrogens with one attached hydrogen (secondary N) is 1. The molecule has 0 saturated carbocycles. The molecule has 1 atom stereocenters. The van der Waals surface area contributed by atoms with Crippen molar-refractivity contribution in [3.05, 3.63) is 52.2 Å². The van der Waals surface area contributed by atoms with Crippen molar-refractivity contribution < 1.29 is 4.79 Å². The van der Waals surface area contributed by atoms with Gasteiger partial charge in [0.1, 0.15) is 0 Å². The number of ketones is 1. The van der Waals surface area contributed by atoms with Crippen molar-refractivity contribution in [2.24, 2.45) is 0 Å². The van der Waals surface area contributed by atoms with Gasteiger partial charge < -0.3 is 5.32 Å². The second kappa shape index (κ2) is 3.76. The molecule has 0 amide bonds. The first kappa shape index (κ1) is 9.60. The van der Waals surface area contributed by atoms with Crippen LogP contribution in [0.25, 0.3) is 0 Å². The van der Waals surface area contributed by atoms with Crippen molar-refractivity contribution in [2.45, 2.75) is 5.92 Å². The third-order valence-electron chi connectivity index (χ3n) is 2.91. The maximum absolute atomic E-state index is 12.2. The number of carbonyl (C=O) groups is 1. The van der Waals surface area contributed by atoms with Gasteiger partial charge in [0.2, 0.25) is 0 Å². The van der Waals surface area contributed by atoms with E-state index in [-0.39, 0.29) is 11.7 Å². The second-order valence-corrected chi connectivity index (χ2v) is 4.81. The topological polar surface area (TPSA) is 29.1 Å². The van der Waals surface area contributed by atoms with Crippen molar-refractivity contribution in [2.75, 3.05) is 11.9 Å². The van der Waals surface area contributed by atoms with Crippen LogP contribution < -0.4 is 5.32 Å². The van der Waals surface area contributed by atoms with Crippen LogP contribution in [0.15, 0.2) is 41.8 Å². The van der Waals surface area contributed by atoms with Crippen LogP contribution in [-0.4, -0.2) is 12.3 Å². The molecule has 1 aromatic heterocycles. The van der Waals surface area contributed by atoms with Crippen molar-refractivity contribution in [1.82, 2.24) is 0 Å². The number of hydrogen-bond acceptors (Lipinski definition) is 3. The summed E-state index contributed by atoms with van der Waals surface area (Å²) in [6.07, 6.45) is 0. The largest absolute Gasteiger partial charge is 0.384 e. The molecule has 0 radical (unpaired) electrons. The Morgan fingerprint density at radius 2 is 2.12 bits per heavy atom. The molecule has 80 valence electrons. The number of hydrogen-bond donors (Lipinski definition) is 1. The Kier molecular flexibility index (Phi) is 2.26. The summed E-state index contributed by atoms with van der Waals surface area (Å²) < 4.78 is 0. The molecule has 1 aromatic carbocycles. The lowest BCUT2D eigenvalue weighted by Crippen LogP contribution is -2.13. The van der Waals surface area contributed by atoms with Crippen LogP contribution in [0, 0.1) is 0 Å². The predicted molar refractivity (Wildman–Crippen MR) is 66.3 cm³/mol. The Balaban J connectivity index is 1.96. The SMILES string of the molecule is O=C(c1cccs1)C1CNc2ccccc21. The van der Waals surface area contributed by atoms with E-state index >= 15 is 0 Å². The number of thiophene rings is 1. The summed E-state index contributed by atoms with van der Waals surface area (Å²) in [7, 11) is 0. The third kappa shape index (κ3) is 1.44. The number of para-hydroxylation sites is 1. The zero-order valence-electron chi connectivity index (χ0n) is 8.64. The summed E-state index contributed by atoms with van der Waals surface area (Å²) in [5.41, 5.74) is 2.22. The monoisotopic (exact) mass is 229 g/mol. The van der Waals surface area contributed by atoms with E-state index in [4.69, 9.17) is 0 Å². The number of Topliss-reactive ketones (excluding diaryl/α,β-unsaturated/α-hetero) is 1. The maximum Gasteiger partial charge on any atom is 0.182 e. The molecule has 2 aromatic rings. The van der Waals surface area contributed by atoms with Gasteiger partial charge in [-0.2, -0.15) is 0 Å². The van der Waals surface area contributed by atoms with Gasteiger partial charge in [0, 0.05) is 12.2 Å². The molecule has 0 aliphatic carbocycles. The van der Waals surface area contributed by atoms with Gasteiger partial charge in [-0.15, -0.1) is 11.3 Å². The van der Waals surface area contributed by atoms with Crippen LogP contribution in [-0.2, 0) is 0 Å². The number of anilines is 1. The zero-order valence-corrected chi connectivity index (χ0v) is 9.46. The number of carbonyl (C=O) groups excluding carboxylic acids is 1. The Morgan fingerprint density at radius 3 is 2.94 bits per heavy atom. The molecular weight excluding hydrogens is 218 g/mol. The predicted octanol–water partition coefficient (Wildman–Crippen LogP) is 3.14. The highest BCUT2D eigenvalue weighted by atomic mass is 32.1. The average molecular weight is 229 g/mol. The average Bonchev–Trinajstić information content (AvgIpc) is 2.98. The first-order chi connectivity index (χ1) is 7.86. The highest BCUT2D eigenvalue weighted by Gasteiger charge is 2.29. The zero-order chi connectivity index (χ0) is 11.0. The lowest BCUT2D eigenvalue weighted by molar-refractivity contribution is 0.0970. The molecule has 0 saturated heterocycles. The minimum atomic E-state index is -0.0187. The Morgan fingerprint density at radius 1 is 1.25 bits per heavy atom. The molecule has 2 nitrogen and oxygen atoms in total. The summed E-state index contributed by atoms with van der Waals surface area (Å²) in [5.74, 6) is 0.210. The normalized spacial score (nSPS) is 17.9. The van der Waals surface area contributed by atoms with Crippen LogP contribution >= 0.6 is 11.3 Å². The number of rotatable bonds is 2. The first-order valence-corrected chi connectivity index (χ1v) is 6.15. The Labute approximate surface area is 97.9 Å². The summed E-state index contributed by atoms with van der Waals surface area (Å²) in [6, 6.07) is 11.9. The van der Waals surface area contributed by atoms with E-state index in [9.17, 15) is 4.79 Å². The van der Waals surface area contributed by atoms with E-state index < -0.39 is 0 Å². The van der Waals surface area contributed by atoms with Crippen LogP contribution in [0.1, 0.15) is 21.2 Å². The van der Waals surface area contributed by atoms with Crippen molar-refractivity contribution in [3.63, 3.8) is 0 Å². The quantitative estimate of drug-likeness (QED) is 0.801. The van der Waals surface area contributed by atoms with Gasteiger partial charge >= 0.3 is 0 Å². The van der Waals surface area contributed by atoms with E-state index in [2.05, 4.69) is 5.32 Å². The molecule has 3 heteroatoms. The molecule has 0 bridgehead atoms. The molecule has 1 aliphatic heterocycles. The molecule has 0 spiro atoms. The van der Waals surface area contributed by atoms with Gasteiger partial charge in [-0.25, -0.2) is 0 Å². The van der Waals surface area contributed by atoms with E-state index in [0.717, 1.165) is 22.7 Å². The lowest BCUT2D eigenvalue weighted by atomic mass is 9.96. The minimum absolute atomic E-state index is 0.0187. The summed E-state index contributed by atoms with van der Waals surface area (Å²) in [5, 5.41) is 5.22. The molecule has 16 heavy (non-hydrogen) atoms. The van der Waals surface area contributed by atoms with Gasteiger partial charge in [-0.3, -0.25) is 4.79 Å². The Hall–Kier alpha value is -1.61. The minimum Gasteiger partial charge on any atom is -0.384 e. The van der Waals surface area contributed by atoms with Crippen LogP contribution in [0.5, 0.6) is 0 Å². The summed E-state index contributed by atoms with van der Waals surface area (Å²) in [4.78, 5) is 13.1. The number of benzene rings is 1. The molecule has 0 fully saturated rings. The smallest absolute Gasteiger partial charge is 0.182 e. The fourth-order valence-corrected chi connectivity index (χ4v) is 2.83. The Bertz CT molecular complexity index is 518. The van der Waals surface area contributed by atoms with Crippen molar-refractivity contribution in [3.8, 4) is 0 Å². The van der Waals surface area contributed by atoms with Crippen LogP contribution in [0.4, 0.5) is 5.69 Å². The molecule has 1 unspecified atom stereocenters. The van der Waals surface area contributed by atoms with Crippen molar-refractivity contribution >= 4 is 22.8 Å². The van der Waals surface area contributed by atoms with Gasteiger partial charge in [0.25, 0.3) is 0 Å². The van der Waals surface area contributed by atoms with Crippen molar-refractivity contribution in [1.29, 1.82) is 0 Å². The summed E-state index contributed by atoms with van der Waals surface area (Å²) in [6.45, 7) is 0.718. The van der Waals surface area contributed by atoms with Gasteiger partial charge in [0.15, 0.2) is 5.78 Å². The van der Waals surface area contributed by atoms with E-state index in [0.29, 0.717) is 0 Å². The lowest BCUT2D eigenvalue weighted by Gasteiger charge is -2.06. The molecular formula is C13H11NOS. The van der Waals surface area contributed by atoms with Gasteiger partial charge in [0.05, 0.1) is 10.8 Å². The summed E-state index contributed by atoms with van der Waals surface area (Å²) >= 11 is 1.52. The fourth-order valence-electron chi connectivity index (χ4n) is 2.11. The van der Waals surface area contributed by atoms with E-state index in [1.54, 1.807) is 0 Å². The van der Waals surface area contributed by atoms with Crippen LogP contribution in [0.3, 0.4) is 0 Å². The van der Waals surface area contributed by atoms with Gasteiger partial charge in [-0.05, 0) is 23.1 Å². The standard InChI is InChI=1S/C13H11NOS/c15-13(12-6-3-7-16-12)10-8-14-11-5-2-1-4-9(10)11/h1-7,10,14H,8H2. The fraction of sp³-hybridized carbons (Fsp3) is 0.154. The van der Waals surface area contributed by atoms with E-state index in [1.165, 1.54) is 11.3 Å². The molecule has 2 heterocycles. The maximum atomic E-state index is 12.2. The second-order valence-electron chi connectivity index (χ2n) is 3.86. The van der Waals surface area contributed by atoms with Crippen LogP contribution in [0.2, 0.25) is 0 Å². The molecule has 1 N–H and O–H groups in total. The first-order valence-electron chi connectivity index (χ1n) is 5.27. The molecule has 1 aliphatic rings. The van der Waals surface area contributed by atoms with E-state index in [1.807, 2.05) is 41.8 Å². The third-order valence-corrected chi connectivity index (χ3v) is 3.80. The highest BCUT2D eigenvalue weighted by molar-refractivity contribution is 7.12. The number of fused-ring (bicyclic) bond motifs is 1.